The van der Waals surface area contributed by atoms with E-state index < -0.39 is 0 Å². The zero-order valence-corrected chi connectivity index (χ0v) is 10.2. The maximum Gasteiger partial charge on any atom is 0.162 e. The molecule has 0 aromatic carbocycles. The fourth-order valence-corrected chi connectivity index (χ4v) is 1.05. The highest BCUT2D eigenvalue weighted by atomic mass is 16.1. The molecule has 0 amide bonds. The molecule has 0 saturated carbocycles. The normalized spacial score (nSPS) is 12.9. The number of carbonyl (C=O) groups is 1. The van der Waals surface area contributed by atoms with Crippen LogP contribution in [-0.2, 0) is 4.79 Å². The summed E-state index contributed by atoms with van der Waals surface area (Å²) in [4.78, 5) is 11.0. The Kier molecular flexibility index (Phi) is 7.76. The van der Waals surface area contributed by atoms with Crippen LogP contribution in [0.25, 0.3) is 0 Å². The minimum Gasteiger partial charge on any atom is -0.386 e. The highest BCUT2D eigenvalue weighted by Gasteiger charge is 1.98. The van der Waals surface area contributed by atoms with E-state index in [0.717, 1.165) is 18.2 Å². The summed E-state index contributed by atoms with van der Waals surface area (Å²) in [7, 11) is 0. The quantitative estimate of drug-likeness (QED) is 0.393. The number of allylic oxidation sites excluding steroid dienone is 3. The number of hydrogen-bond donors (Lipinski definition) is 2. The molecule has 0 saturated heterocycles. The summed E-state index contributed by atoms with van der Waals surface area (Å²) in [6.45, 7) is 6.17. The van der Waals surface area contributed by atoms with E-state index in [4.69, 9.17) is 5.41 Å². The Hall–Kier alpha value is -1.64. The maximum atomic E-state index is 11.0. The fraction of sp³-hybridized carbons (Fsp3) is 0.385. The first-order valence-electron chi connectivity index (χ1n) is 5.42. The van der Waals surface area contributed by atoms with Crippen molar-refractivity contribution in [2.45, 2.75) is 27.2 Å². The van der Waals surface area contributed by atoms with E-state index in [0.29, 0.717) is 12.1 Å². The van der Waals surface area contributed by atoms with E-state index in [1.165, 1.54) is 6.92 Å². The molecular weight excluding hydrogens is 200 g/mol. The van der Waals surface area contributed by atoms with Crippen LogP contribution in [-0.4, -0.2) is 18.5 Å². The van der Waals surface area contributed by atoms with E-state index in [-0.39, 0.29) is 5.78 Å². The second kappa shape index (κ2) is 8.65. The number of Topliss-reactive ketones (excluding diaryl/α,β-unsaturated/α-hetero) is 1. The van der Waals surface area contributed by atoms with E-state index in [2.05, 4.69) is 24.4 Å². The van der Waals surface area contributed by atoms with Crippen LogP contribution in [0.4, 0.5) is 0 Å². The molecule has 0 fully saturated rings. The van der Waals surface area contributed by atoms with Crippen molar-refractivity contribution in [3.05, 3.63) is 35.6 Å². The minimum atomic E-state index is -0.103. The van der Waals surface area contributed by atoms with Crippen LogP contribution >= 0.6 is 0 Å². The van der Waals surface area contributed by atoms with Crippen molar-refractivity contribution >= 4 is 12.0 Å². The number of carbonyl (C=O) groups excluding carboxylic acids is 1. The molecule has 0 rings (SSSR count). The zero-order chi connectivity index (χ0) is 12.4. The monoisotopic (exact) mass is 220 g/mol. The van der Waals surface area contributed by atoms with Gasteiger partial charge in [-0.1, -0.05) is 25.2 Å². The molecule has 0 radical (unpaired) electrons. The molecule has 88 valence electrons. The summed E-state index contributed by atoms with van der Waals surface area (Å²) in [6.07, 6.45) is 9.81. The van der Waals surface area contributed by atoms with Crippen molar-refractivity contribution in [2.24, 2.45) is 0 Å². The van der Waals surface area contributed by atoms with Crippen molar-refractivity contribution in [3.63, 3.8) is 0 Å². The molecule has 0 bridgehead atoms. The van der Waals surface area contributed by atoms with Crippen molar-refractivity contribution in [1.82, 2.24) is 5.32 Å². The third-order valence-corrected chi connectivity index (χ3v) is 2.06. The van der Waals surface area contributed by atoms with E-state index in [1.54, 1.807) is 6.20 Å². The third kappa shape index (κ3) is 5.96. The highest BCUT2D eigenvalue weighted by molar-refractivity contribution is 6.11. The van der Waals surface area contributed by atoms with Crippen LogP contribution in [0.5, 0.6) is 0 Å². The lowest BCUT2D eigenvalue weighted by atomic mass is 10.2. The van der Waals surface area contributed by atoms with Gasteiger partial charge in [0, 0.05) is 19.0 Å². The summed E-state index contributed by atoms with van der Waals surface area (Å²) < 4.78 is 0. The van der Waals surface area contributed by atoms with Crippen LogP contribution in [0, 0.1) is 5.41 Å². The van der Waals surface area contributed by atoms with Gasteiger partial charge in [0.2, 0.25) is 0 Å². The highest BCUT2D eigenvalue weighted by Crippen LogP contribution is 1.97. The van der Waals surface area contributed by atoms with Crippen molar-refractivity contribution in [3.8, 4) is 0 Å². The van der Waals surface area contributed by atoms with Gasteiger partial charge in [-0.2, -0.15) is 0 Å². The lowest BCUT2D eigenvalue weighted by molar-refractivity contribution is -0.113. The van der Waals surface area contributed by atoms with Gasteiger partial charge in [-0.15, -0.1) is 0 Å². The molecule has 16 heavy (non-hydrogen) atoms. The SMILES string of the molecule is C/C=C(\C=C/CC)CN/C=C(\C=N)C(C)=O. The molecule has 0 spiro atoms. The molecule has 0 aromatic rings. The topological polar surface area (TPSA) is 53.0 Å². The van der Waals surface area contributed by atoms with E-state index in [9.17, 15) is 4.79 Å². The van der Waals surface area contributed by atoms with Gasteiger partial charge >= 0.3 is 0 Å². The predicted octanol–water partition coefficient (Wildman–Crippen LogP) is 2.61. The van der Waals surface area contributed by atoms with Gasteiger partial charge in [-0.3, -0.25) is 4.79 Å². The first-order valence-corrected chi connectivity index (χ1v) is 5.42. The third-order valence-electron chi connectivity index (χ3n) is 2.06. The van der Waals surface area contributed by atoms with Crippen molar-refractivity contribution < 1.29 is 4.79 Å². The lowest BCUT2D eigenvalue weighted by Crippen LogP contribution is -2.12. The van der Waals surface area contributed by atoms with E-state index in [1.807, 2.05) is 13.0 Å². The molecule has 0 aliphatic carbocycles. The standard InChI is InChI=1S/C13H20N2O/c1-4-6-7-12(5-2)9-15-10-13(8-14)11(3)16/h5-8,10,14-15H,4,9H2,1-3H3/b7-6-,12-5+,13-10+,14-8?. The minimum absolute atomic E-state index is 0.103. The molecule has 0 aliphatic rings. The zero-order valence-electron chi connectivity index (χ0n) is 10.2. The Morgan fingerprint density at radius 2 is 2.12 bits per heavy atom. The summed E-state index contributed by atoms with van der Waals surface area (Å²) in [5.74, 6) is -0.103. The van der Waals surface area contributed by atoms with Crippen LogP contribution in [0.2, 0.25) is 0 Å². The maximum absolute atomic E-state index is 11.0. The van der Waals surface area contributed by atoms with Gasteiger partial charge < -0.3 is 10.7 Å². The average Bonchev–Trinajstić information content (AvgIpc) is 2.28. The van der Waals surface area contributed by atoms with Crippen LogP contribution in [0.1, 0.15) is 27.2 Å². The Morgan fingerprint density at radius 1 is 1.44 bits per heavy atom. The van der Waals surface area contributed by atoms with Crippen molar-refractivity contribution in [1.29, 1.82) is 5.41 Å². The number of rotatable bonds is 7. The van der Waals surface area contributed by atoms with Gasteiger partial charge in [-0.25, -0.2) is 0 Å². The smallest absolute Gasteiger partial charge is 0.162 e. The van der Waals surface area contributed by atoms with E-state index >= 15 is 0 Å². The first kappa shape index (κ1) is 14.4. The predicted molar refractivity (Wildman–Crippen MR) is 68.7 cm³/mol. The molecule has 0 unspecified atom stereocenters. The Bertz CT molecular complexity index is 325. The fourth-order valence-electron chi connectivity index (χ4n) is 1.05. The molecular formula is C13H20N2O. The molecule has 0 heterocycles. The van der Waals surface area contributed by atoms with Gasteiger partial charge in [0.1, 0.15) is 0 Å². The Labute approximate surface area is 97.4 Å². The second-order valence-corrected chi connectivity index (χ2v) is 3.36. The van der Waals surface area contributed by atoms with Gasteiger partial charge in [0.15, 0.2) is 5.78 Å². The van der Waals surface area contributed by atoms with Gasteiger partial charge in [0.05, 0.1) is 5.57 Å². The molecule has 0 aromatic heterocycles. The van der Waals surface area contributed by atoms with Gasteiger partial charge in [0.25, 0.3) is 0 Å². The number of ketones is 1. The summed E-state index contributed by atoms with van der Waals surface area (Å²) in [5.41, 5.74) is 1.54. The lowest BCUT2D eigenvalue weighted by Gasteiger charge is -2.03. The average molecular weight is 220 g/mol. The molecule has 0 aliphatic heterocycles. The number of hydrogen-bond acceptors (Lipinski definition) is 3. The van der Waals surface area contributed by atoms with Crippen LogP contribution < -0.4 is 5.32 Å². The summed E-state index contributed by atoms with van der Waals surface area (Å²) in [5, 5.41) is 10.1. The Balaban J connectivity index is 4.28. The summed E-state index contributed by atoms with van der Waals surface area (Å²) >= 11 is 0. The van der Waals surface area contributed by atoms with Crippen LogP contribution in [0.3, 0.4) is 0 Å². The Morgan fingerprint density at radius 3 is 2.56 bits per heavy atom. The summed E-state index contributed by atoms with van der Waals surface area (Å²) in [6, 6.07) is 0. The van der Waals surface area contributed by atoms with Crippen molar-refractivity contribution in [2.75, 3.05) is 6.54 Å². The molecule has 3 heteroatoms. The van der Waals surface area contributed by atoms with Gasteiger partial charge in [-0.05, 0) is 25.8 Å². The molecule has 3 nitrogen and oxygen atoms in total. The molecule has 0 atom stereocenters. The number of nitrogens with one attached hydrogen (secondary N) is 2. The molecule has 2 N–H and O–H groups in total. The first-order chi connectivity index (χ1) is 7.65. The largest absolute Gasteiger partial charge is 0.386 e. The second-order valence-electron chi connectivity index (χ2n) is 3.36. The van der Waals surface area contributed by atoms with Crippen LogP contribution in [0.15, 0.2) is 35.6 Å².